The van der Waals surface area contributed by atoms with Gasteiger partial charge < -0.3 is 19.5 Å². The van der Waals surface area contributed by atoms with Gasteiger partial charge in [0.2, 0.25) is 0 Å². The highest BCUT2D eigenvalue weighted by Gasteiger charge is 2.28. The van der Waals surface area contributed by atoms with Gasteiger partial charge in [-0.3, -0.25) is 0 Å². The van der Waals surface area contributed by atoms with Crippen molar-refractivity contribution in [3.05, 3.63) is 53.6 Å². The normalized spacial score (nSPS) is 16.9. The molecule has 1 aliphatic heterocycles. The number of nitrogens with zero attached hydrogens (tertiary/aromatic N) is 1. The van der Waals surface area contributed by atoms with Gasteiger partial charge >= 0.3 is 6.09 Å². The van der Waals surface area contributed by atoms with Gasteiger partial charge in [-0.15, -0.1) is 0 Å². The number of carboxylic acid groups (broad SMARTS) is 1. The van der Waals surface area contributed by atoms with E-state index in [0.717, 1.165) is 12.8 Å². The maximum atomic E-state index is 11.1. The number of benzene rings is 2. The highest BCUT2D eigenvalue weighted by atomic mass is 35.5. The summed E-state index contributed by atoms with van der Waals surface area (Å²) in [4.78, 5) is 12.6. The minimum absolute atomic E-state index is 0.0764. The minimum Gasteiger partial charge on any atom is -0.491 e. The molecule has 24 heavy (non-hydrogen) atoms. The maximum Gasteiger partial charge on any atom is 0.407 e. The number of halogens is 1. The molecule has 0 radical (unpaired) electrons. The van der Waals surface area contributed by atoms with Gasteiger partial charge in [-0.05, 0) is 61.4 Å². The van der Waals surface area contributed by atoms with Crippen LogP contribution in [0.15, 0.2) is 48.5 Å². The molecule has 0 spiro atoms. The third kappa shape index (κ3) is 4.11. The topological polar surface area (TPSA) is 59.0 Å². The molecule has 126 valence electrons. The Morgan fingerprint density at radius 2 is 1.67 bits per heavy atom. The van der Waals surface area contributed by atoms with Crippen LogP contribution in [0.3, 0.4) is 0 Å². The first-order valence-electron chi connectivity index (χ1n) is 7.78. The lowest BCUT2D eigenvalue weighted by Crippen LogP contribution is -2.37. The minimum atomic E-state index is -0.882. The summed E-state index contributed by atoms with van der Waals surface area (Å²) in [5, 5.41) is 9.78. The molecule has 1 fully saturated rings. The van der Waals surface area contributed by atoms with Crippen LogP contribution in [0, 0.1) is 0 Å². The lowest BCUT2D eigenvalue weighted by molar-refractivity contribution is 0.123. The fourth-order valence-electron chi connectivity index (χ4n) is 2.70. The van der Waals surface area contributed by atoms with Crippen molar-refractivity contribution in [2.24, 2.45) is 0 Å². The molecule has 5 nitrogen and oxygen atoms in total. The van der Waals surface area contributed by atoms with Crippen LogP contribution in [0.1, 0.15) is 12.8 Å². The Hall–Kier alpha value is -2.40. The van der Waals surface area contributed by atoms with Crippen molar-refractivity contribution >= 4 is 17.7 Å². The quantitative estimate of drug-likeness (QED) is 0.855. The number of rotatable bonds is 5. The number of hydrogen-bond acceptors (Lipinski definition) is 3. The summed E-state index contributed by atoms with van der Waals surface area (Å²) in [6, 6.07) is 14.3. The molecular formula is C18H18ClNO4. The number of carbonyl (C=O) groups is 1. The number of hydrogen-bond donors (Lipinski definition) is 1. The molecule has 0 saturated carbocycles. The van der Waals surface area contributed by atoms with Crippen LogP contribution < -0.4 is 9.47 Å². The SMILES string of the molecule is O=C(O)N1CCC[C@H]1COc1ccc(Oc2ccc(Cl)cc2)cc1. The molecule has 3 rings (SSSR count). The van der Waals surface area contributed by atoms with Crippen LogP contribution >= 0.6 is 11.6 Å². The van der Waals surface area contributed by atoms with Gasteiger partial charge in [0, 0.05) is 11.6 Å². The molecular weight excluding hydrogens is 330 g/mol. The molecule has 1 amide bonds. The second-order valence-electron chi connectivity index (χ2n) is 5.61. The number of amides is 1. The standard InChI is InChI=1S/C18H18ClNO4/c19-13-3-5-16(6-4-13)24-17-9-7-15(8-10-17)23-12-14-2-1-11-20(14)18(21)22/h3-10,14H,1-2,11-12H2,(H,21,22)/t14-/m0/s1. The summed E-state index contributed by atoms with van der Waals surface area (Å²) in [6.45, 7) is 0.945. The van der Waals surface area contributed by atoms with Crippen molar-refractivity contribution < 1.29 is 19.4 Å². The van der Waals surface area contributed by atoms with Crippen molar-refractivity contribution in [2.75, 3.05) is 13.2 Å². The van der Waals surface area contributed by atoms with Crippen molar-refractivity contribution in [3.63, 3.8) is 0 Å². The van der Waals surface area contributed by atoms with E-state index in [1.807, 2.05) is 24.3 Å². The smallest absolute Gasteiger partial charge is 0.407 e. The summed E-state index contributed by atoms with van der Waals surface area (Å²) in [5.41, 5.74) is 0. The second-order valence-corrected chi connectivity index (χ2v) is 6.05. The fraction of sp³-hybridized carbons (Fsp3) is 0.278. The van der Waals surface area contributed by atoms with Crippen molar-refractivity contribution in [1.29, 1.82) is 0 Å². The molecule has 1 heterocycles. The average molecular weight is 348 g/mol. The molecule has 0 unspecified atom stereocenters. The van der Waals surface area contributed by atoms with Gasteiger partial charge in [-0.1, -0.05) is 11.6 Å². The van der Waals surface area contributed by atoms with Gasteiger partial charge in [-0.25, -0.2) is 4.79 Å². The molecule has 2 aromatic carbocycles. The fourth-order valence-corrected chi connectivity index (χ4v) is 2.82. The molecule has 6 heteroatoms. The van der Waals surface area contributed by atoms with E-state index in [9.17, 15) is 4.79 Å². The summed E-state index contributed by atoms with van der Waals surface area (Å²) in [5.74, 6) is 2.09. The molecule has 1 atom stereocenters. The molecule has 0 aromatic heterocycles. The molecule has 1 saturated heterocycles. The number of likely N-dealkylation sites (tertiary alicyclic amines) is 1. The Morgan fingerprint density at radius 3 is 2.29 bits per heavy atom. The molecule has 1 aliphatic rings. The van der Waals surface area contributed by atoms with Gasteiger partial charge in [0.1, 0.15) is 23.9 Å². The number of ether oxygens (including phenoxy) is 2. The summed E-state index contributed by atoms with van der Waals surface area (Å²) < 4.78 is 11.4. The van der Waals surface area contributed by atoms with E-state index in [4.69, 9.17) is 26.2 Å². The predicted octanol–water partition coefficient (Wildman–Crippen LogP) is 4.65. The van der Waals surface area contributed by atoms with Crippen LogP contribution in [-0.4, -0.2) is 35.3 Å². The van der Waals surface area contributed by atoms with E-state index in [2.05, 4.69) is 0 Å². The molecule has 1 N–H and O–H groups in total. The molecule has 0 bridgehead atoms. The van der Waals surface area contributed by atoms with Crippen LogP contribution in [0.25, 0.3) is 0 Å². The molecule has 2 aromatic rings. The average Bonchev–Trinajstić information content (AvgIpc) is 3.05. The zero-order valence-corrected chi connectivity index (χ0v) is 13.8. The Kier molecular flexibility index (Phi) is 5.11. The molecule has 0 aliphatic carbocycles. The summed E-state index contributed by atoms with van der Waals surface area (Å²) >= 11 is 5.84. The van der Waals surface area contributed by atoms with Crippen molar-refractivity contribution in [3.8, 4) is 17.2 Å². The van der Waals surface area contributed by atoms with Crippen molar-refractivity contribution in [1.82, 2.24) is 4.90 Å². The highest BCUT2D eigenvalue weighted by Crippen LogP contribution is 2.25. The Balaban J connectivity index is 1.54. The second kappa shape index (κ2) is 7.45. The Morgan fingerprint density at radius 1 is 1.08 bits per heavy atom. The van der Waals surface area contributed by atoms with Crippen molar-refractivity contribution in [2.45, 2.75) is 18.9 Å². The van der Waals surface area contributed by atoms with E-state index in [1.54, 1.807) is 24.3 Å². The lowest BCUT2D eigenvalue weighted by atomic mass is 10.2. The van der Waals surface area contributed by atoms with Crippen LogP contribution in [-0.2, 0) is 0 Å². The largest absolute Gasteiger partial charge is 0.491 e. The van der Waals surface area contributed by atoms with Gasteiger partial charge in [0.25, 0.3) is 0 Å². The third-order valence-corrected chi connectivity index (χ3v) is 4.19. The van der Waals surface area contributed by atoms with Crippen LogP contribution in [0.5, 0.6) is 17.2 Å². The third-order valence-electron chi connectivity index (χ3n) is 3.94. The highest BCUT2D eigenvalue weighted by molar-refractivity contribution is 6.30. The van der Waals surface area contributed by atoms with E-state index >= 15 is 0 Å². The van der Waals surface area contributed by atoms with E-state index in [1.165, 1.54) is 4.90 Å². The van der Waals surface area contributed by atoms with E-state index in [-0.39, 0.29) is 6.04 Å². The maximum absolute atomic E-state index is 11.1. The predicted molar refractivity (Wildman–Crippen MR) is 91.2 cm³/mol. The Labute approximate surface area is 145 Å². The Bertz CT molecular complexity index is 687. The first kappa shape index (κ1) is 16.5. The van der Waals surface area contributed by atoms with E-state index < -0.39 is 6.09 Å². The summed E-state index contributed by atoms with van der Waals surface area (Å²) in [6.07, 6.45) is 0.839. The van der Waals surface area contributed by atoms with Gasteiger partial charge in [-0.2, -0.15) is 0 Å². The first-order valence-corrected chi connectivity index (χ1v) is 8.15. The zero-order valence-electron chi connectivity index (χ0n) is 13.0. The van der Waals surface area contributed by atoms with Crippen LogP contribution in [0.2, 0.25) is 5.02 Å². The summed E-state index contributed by atoms with van der Waals surface area (Å²) in [7, 11) is 0. The van der Waals surface area contributed by atoms with Crippen LogP contribution in [0.4, 0.5) is 4.79 Å². The van der Waals surface area contributed by atoms with E-state index in [0.29, 0.717) is 35.4 Å². The van der Waals surface area contributed by atoms with Gasteiger partial charge in [0.05, 0.1) is 6.04 Å². The lowest BCUT2D eigenvalue weighted by Gasteiger charge is -2.21. The monoisotopic (exact) mass is 347 g/mol. The zero-order chi connectivity index (χ0) is 16.9. The first-order chi connectivity index (χ1) is 11.6. The van der Waals surface area contributed by atoms with Gasteiger partial charge in [0.15, 0.2) is 0 Å².